The molecule has 0 aliphatic heterocycles. The smallest absolute Gasteiger partial charge is 0.331 e. The Bertz CT molecular complexity index is 582. The maximum absolute atomic E-state index is 12.6. The fraction of sp³-hybridized carbons (Fsp3) is 0.474. The molecule has 0 bridgehead atoms. The summed E-state index contributed by atoms with van der Waals surface area (Å²) < 4.78 is 0. The van der Waals surface area contributed by atoms with E-state index in [1.54, 1.807) is 18.0 Å². The molecule has 1 amide bonds. The van der Waals surface area contributed by atoms with Crippen LogP contribution in [-0.4, -0.2) is 41.0 Å². The van der Waals surface area contributed by atoms with Crippen LogP contribution in [0.1, 0.15) is 32.8 Å². The van der Waals surface area contributed by atoms with Crippen molar-refractivity contribution in [3.63, 3.8) is 0 Å². The van der Waals surface area contributed by atoms with Gasteiger partial charge in [0.2, 0.25) is 5.91 Å². The Hall–Kier alpha value is -2.14. The number of aryl methyl sites for hydroxylation is 1. The largest absolute Gasteiger partial charge is 0.478 e. The second-order valence-electron chi connectivity index (χ2n) is 6.47. The van der Waals surface area contributed by atoms with Crippen molar-refractivity contribution in [3.8, 4) is 0 Å². The maximum Gasteiger partial charge on any atom is 0.331 e. The van der Waals surface area contributed by atoms with Gasteiger partial charge in [0.15, 0.2) is 0 Å². The Morgan fingerprint density at radius 1 is 1.25 bits per heavy atom. The van der Waals surface area contributed by atoms with E-state index in [0.717, 1.165) is 12.0 Å². The minimum Gasteiger partial charge on any atom is -0.478 e. The van der Waals surface area contributed by atoms with Crippen LogP contribution in [0.4, 0.5) is 0 Å². The van der Waals surface area contributed by atoms with Crippen LogP contribution in [0.2, 0.25) is 0 Å². The molecule has 0 aromatic heterocycles. The highest BCUT2D eigenvalue weighted by Crippen LogP contribution is 2.15. The highest BCUT2D eigenvalue weighted by atomic mass is 16.4. The molecule has 0 aliphatic rings. The first-order valence-corrected chi connectivity index (χ1v) is 8.22. The minimum atomic E-state index is -0.977. The van der Waals surface area contributed by atoms with E-state index in [2.05, 4.69) is 0 Å². The van der Waals surface area contributed by atoms with E-state index in [1.807, 2.05) is 44.2 Å². The normalized spacial score (nSPS) is 14.3. The van der Waals surface area contributed by atoms with Crippen molar-refractivity contribution in [1.29, 1.82) is 0 Å². The third-order valence-electron chi connectivity index (χ3n) is 4.14. The van der Waals surface area contributed by atoms with Crippen LogP contribution in [0.25, 0.3) is 0 Å². The average Bonchev–Trinajstić information content (AvgIpc) is 2.56. The number of carbonyl (C=O) groups is 2. The van der Waals surface area contributed by atoms with E-state index in [0.29, 0.717) is 6.42 Å². The summed E-state index contributed by atoms with van der Waals surface area (Å²) in [5.41, 5.74) is 7.44. The number of benzene rings is 1. The zero-order valence-corrected chi connectivity index (χ0v) is 14.9. The Morgan fingerprint density at radius 2 is 1.83 bits per heavy atom. The lowest BCUT2D eigenvalue weighted by atomic mass is 9.98. The summed E-state index contributed by atoms with van der Waals surface area (Å²) in [6, 6.07) is 9.00. The molecule has 3 N–H and O–H groups in total. The van der Waals surface area contributed by atoms with Crippen LogP contribution >= 0.6 is 0 Å². The zero-order chi connectivity index (χ0) is 18.3. The van der Waals surface area contributed by atoms with E-state index in [4.69, 9.17) is 10.8 Å². The van der Waals surface area contributed by atoms with Gasteiger partial charge < -0.3 is 15.7 Å². The second-order valence-corrected chi connectivity index (χ2v) is 6.47. The predicted molar refractivity (Wildman–Crippen MR) is 95.5 cm³/mol. The van der Waals surface area contributed by atoms with Gasteiger partial charge in [0.05, 0.1) is 12.1 Å². The highest BCUT2D eigenvalue weighted by Gasteiger charge is 2.26. The van der Waals surface area contributed by atoms with Crippen LogP contribution in [0.3, 0.4) is 0 Å². The second kappa shape index (κ2) is 9.23. The summed E-state index contributed by atoms with van der Waals surface area (Å²) in [5, 5.41) is 9.06. The van der Waals surface area contributed by atoms with Gasteiger partial charge in [0, 0.05) is 12.6 Å². The molecular formula is C19H28N2O3. The molecule has 1 rings (SSSR count). The van der Waals surface area contributed by atoms with Crippen LogP contribution in [0.15, 0.2) is 42.0 Å². The number of rotatable bonds is 8. The molecule has 24 heavy (non-hydrogen) atoms. The average molecular weight is 332 g/mol. The third-order valence-corrected chi connectivity index (χ3v) is 4.14. The van der Waals surface area contributed by atoms with E-state index in [9.17, 15) is 9.59 Å². The van der Waals surface area contributed by atoms with Crippen LogP contribution in [-0.2, 0) is 16.0 Å². The summed E-state index contributed by atoms with van der Waals surface area (Å²) in [7, 11) is 1.68. The molecule has 132 valence electrons. The van der Waals surface area contributed by atoms with Crippen molar-refractivity contribution < 1.29 is 14.7 Å². The summed E-state index contributed by atoms with van der Waals surface area (Å²) >= 11 is 0. The number of nitrogens with two attached hydrogens (primary N) is 1. The monoisotopic (exact) mass is 332 g/mol. The van der Waals surface area contributed by atoms with Gasteiger partial charge in [-0.15, -0.1) is 0 Å². The first-order chi connectivity index (χ1) is 11.2. The number of carboxylic acids is 1. The van der Waals surface area contributed by atoms with E-state index >= 15 is 0 Å². The van der Waals surface area contributed by atoms with Crippen LogP contribution < -0.4 is 5.73 Å². The van der Waals surface area contributed by atoms with Crippen molar-refractivity contribution in [2.45, 2.75) is 45.7 Å². The van der Waals surface area contributed by atoms with Gasteiger partial charge in [-0.05, 0) is 31.2 Å². The summed E-state index contributed by atoms with van der Waals surface area (Å²) in [6.45, 7) is 5.44. The molecular weight excluding hydrogens is 304 g/mol. The fourth-order valence-corrected chi connectivity index (χ4v) is 2.58. The number of carbonyl (C=O) groups excluding carboxylic acids is 1. The zero-order valence-electron chi connectivity index (χ0n) is 14.9. The molecule has 0 unspecified atom stereocenters. The number of likely N-dealkylation sites (N-methyl/N-ethyl adjacent to an activating group) is 1. The van der Waals surface area contributed by atoms with Gasteiger partial charge in [-0.3, -0.25) is 4.79 Å². The van der Waals surface area contributed by atoms with Crippen molar-refractivity contribution in [2.24, 2.45) is 11.7 Å². The SMILES string of the molecule is C/C(=C\[C@H](C(C)C)N(C)C(=O)[C@@H](N)CCc1ccccc1)C(=O)O. The van der Waals surface area contributed by atoms with Crippen LogP contribution in [0, 0.1) is 5.92 Å². The lowest BCUT2D eigenvalue weighted by Crippen LogP contribution is -2.48. The molecule has 0 spiro atoms. The number of carboxylic acid groups (broad SMARTS) is 1. The van der Waals surface area contributed by atoms with Gasteiger partial charge in [-0.2, -0.15) is 0 Å². The Balaban J connectivity index is 2.75. The van der Waals surface area contributed by atoms with Crippen molar-refractivity contribution in [1.82, 2.24) is 4.90 Å². The minimum absolute atomic E-state index is 0.0922. The number of nitrogens with zero attached hydrogens (tertiary/aromatic N) is 1. The van der Waals surface area contributed by atoms with Gasteiger partial charge in [-0.1, -0.05) is 50.3 Å². The molecule has 1 aromatic rings. The van der Waals surface area contributed by atoms with Crippen molar-refractivity contribution >= 4 is 11.9 Å². The Morgan fingerprint density at radius 3 is 2.33 bits per heavy atom. The molecule has 5 heteroatoms. The van der Waals surface area contributed by atoms with Gasteiger partial charge >= 0.3 is 5.97 Å². The molecule has 0 radical (unpaired) electrons. The first kappa shape index (κ1) is 19.9. The molecule has 0 saturated carbocycles. The number of aliphatic carboxylic acids is 1. The quantitative estimate of drug-likeness (QED) is 0.716. The van der Waals surface area contributed by atoms with E-state index < -0.39 is 12.0 Å². The van der Waals surface area contributed by atoms with E-state index in [-0.39, 0.29) is 23.4 Å². The molecule has 0 saturated heterocycles. The summed E-state index contributed by atoms with van der Waals surface area (Å²) in [4.78, 5) is 25.2. The van der Waals surface area contributed by atoms with Crippen molar-refractivity contribution in [2.75, 3.05) is 7.05 Å². The van der Waals surface area contributed by atoms with Gasteiger partial charge in [-0.25, -0.2) is 4.79 Å². The molecule has 1 aromatic carbocycles. The van der Waals surface area contributed by atoms with Crippen molar-refractivity contribution in [3.05, 3.63) is 47.5 Å². The van der Waals surface area contributed by atoms with Gasteiger partial charge in [0.25, 0.3) is 0 Å². The Kier molecular flexibility index (Phi) is 7.65. The summed E-state index contributed by atoms with van der Waals surface area (Å²) in [6.07, 6.45) is 2.91. The topological polar surface area (TPSA) is 83.6 Å². The third kappa shape index (κ3) is 5.81. The van der Waals surface area contributed by atoms with Crippen LogP contribution in [0.5, 0.6) is 0 Å². The lowest BCUT2D eigenvalue weighted by Gasteiger charge is -2.31. The number of hydrogen-bond acceptors (Lipinski definition) is 3. The first-order valence-electron chi connectivity index (χ1n) is 8.22. The molecule has 0 heterocycles. The maximum atomic E-state index is 12.6. The molecule has 0 fully saturated rings. The van der Waals surface area contributed by atoms with Gasteiger partial charge in [0.1, 0.15) is 0 Å². The Labute approximate surface area is 144 Å². The lowest BCUT2D eigenvalue weighted by molar-refractivity contribution is -0.134. The molecule has 2 atom stereocenters. The fourth-order valence-electron chi connectivity index (χ4n) is 2.58. The summed E-state index contributed by atoms with van der Waals surface area (Å²) in [5.74, 6) is -1.05. The highest BCUT2D eigenvalue weighted by molar-refractivity contribution is 5.86. The standard InChI is InChI=1S/C19H28N2O3/c1-13(2)17(12-14(3)19(23)24)21(4)18(22)16(20)11-10-15-8-6-5-7-9-15/h5-9,12-13,16-17H,10-11,20H2,1-4H3,(H,23,24)/b14-12+/t16-,17+/m0/s1. The molecule has 0 aliphatic carbocycles. The van der Waals surface area contributed by atoms with E-state index in [1.165, 1.54) is 6.92 Å². The number of hydrogen-bond donors (Lipinski definition) is 2. The molecule has 5 nitrogen and oxygen atoms in total. The predicted octanol–water partition coefficient (Wildman–Crippen LogP) is 2.46. The number of amides is 1.